The molecule has 1 aromatic carbocycles. The standard InChI is InChI=1S/C15H18BrNS/c1-3-4-12-5-7-13(8-6-12)17-11(2)15-14(16)9-10-18-15/h5-11,17H,3-4H2,1-2H3. The van der Waals surface area contributed by atoms with Crippen LogP contribution in [0.2, 0.25) is 0 Å². The molecule has 0 spiro atoms. The molecule has 1 aromatic heterocycles. The Balaban J connectivity index is 2.03. The summed E-state index contributed by atoms with van der Waals surface area (Å²) in [5.74, 6) is 0. The Morgan fingerprint density at radius 1 is 1.22 bits per heavy atom. The number of nitrogens with one attached hydrogen (secondary N) is 1. The van der Waals surface area contributed by atoms with Crippen molar-refractivity contribution < 1.29 is 0 Å². The van der Waals surface area contributed by atoms with Gasteiger partial charge in [0.15, 0.2) is 0 Å². The monoisotopic (exact) mass is 323 g/mol. The Bertz CT molecular complexity index is 489. The number of hydrogen-bond donors (Lipinski definition) is 1. The van der Waals surface area contributed by atoms with E-state index in [-0.39, 0.29) is 0 Å². The van der Waals surface area contributed by atoms with Crippen molar-refractivity contribution in [3.05, 3.63) is 50.6 Å². The summed E-state index contributed by atoms with van der Waals surface area (Å²) in [6.07, 6.45) is 2.36. The Hall–Kier alpha value is -0.800. The highest BCUT2D eigenvalue weighted by Crippen LogP contribution is 2.31. The fourth-order valence-corrected chi connectivity index (χ4v) is 3.71. The third kappa shape index (κ3) is 3.36. The van der Waals surface area contributed by atoms with Crippen LogP contribution in [-0.2, 0) is 6.42 Å². The molecule has 1 N–H and O–H groups in total. The molecule has 0 radical (unpaired) electrons. The van der Waals surface area contributed by atoms with Gasteiger partial charge in [-0.25, -0.2) is 0 Å². The van der Waals surface area contributed by atoms with Crippen LogP contribution in [0.5, 0.6) is 0 Å². The quantitative estimate of drug-likeness (QED) is 0.751. The number of aryl methyl sites for hydroxylation is 1. The van der Waals surface area contributed by atoms with Gasteiger partial charge in [-0.05, 0) is 58.4 Å². The molecule has 96 valence electrons. The first-order valence-electron chi connectivity index (χ1n) is 6.29. The molecular formula is C15H18BrNS. The fourth-order valence-electron chi connectivity index (χ4n) is 1.99. The minimum absolute atomic E-state index is 0.330. The predicted octanol–water partition coefficient (Wildman–Crippen LogP) is 5.64. The van der Waals surface area contributed by atoms with Gasteiger partial charge in [0.1, 0.15) is 0 Å². The van der Waals surface area contributed by atoms with Crippen molar-refractivity contribution in [1.29, 1.82) is 0 Å². The average molecular weight is 324 g/mol. The van der Waals surface area contributed by atoms with Crippen LogP contribution >= 0.6 is 27.3 Å². The van der Waals surface area contributed by atoms with Gasteiger partial charge >= 0.3 is 0 Å². The van der Waals surface area contributed by atoms with Crippen molar-refractivity contribution in [1.82, 2.24) is 0 Å². The van der Waals surface area contributed by atoms with Crippen molar-refractivity contribution in [3.63, 3.8) is 0 Å². The van der Waals surface area contributed by atoms with Crippen molar-refractivity contribution in [2.24, 2.45) is 0 Å². The summed E-state index contributed by atoms with van der Waals surface area (Å²) in [4.78, 5) is 1.34. The van der Waals surface area contributed by atoms with Gasteiger partial charge in [0.2, 0.25) is 0 Å². The number of hydrogen-bond acceptors (Lipinski definition) is 2. The van der Waals surface area contributed by atoms with Gasteiger partial charge < -0.3 is 5.32 Å². The zero-order valence-corrected chi connectivity index (χ0v) is 13.1. The maximum atomic E-state index is 3.58. The maximum Gasteiger partial charge on any atom is 0.0589 e. The van der Waals surface area contributed by atoms with Crippen LogP contribution in [0.4, 0.5) is 5.69 Å². The second kappa shape index (κ2) is 6.39. The number of halogens is 1. The Morgan fingerprint density at radius 2 is 1.94 bits per heavy atom. The van der Waals surface area contributed by atoms with E-state index in [4.69, 9.17) is 0 Å². The topological polar surface area (TPSA) is 12.0 Å². The first-order chi connectivity index (χ1) is 8.70. The van der Waals surface area contributed by atoms with Crippen LogP contribution in [0.15, 0.2) is 40.2 Å². The van der Waals surface area contributed by atoms with E-state index in [1.54, 1.807) is 11.3 Å². The van der Waals surface area contributed by atoms with E-state index in [0.717, 1.165) is 6.42 Å². The lowest BCUT2D eigenvalue weighted by molar-refractivity contribution is 0.899. The summed E-state index contributed by atoms with van der Waals surface area (Å²) in [5.41, 5.74) is 2.59. The number of thiophene rings is 1. The van der Waals surface area contributed by atoms with Gasteiger partial charge in [0, 0.05) is 15.0 Å². The first kappa shape index (κ1) is 13.6. The minimum atomic E-state index is 0.330. The summed E-state index contributed by atoms with van der Waals surface area (Å²) in [6.45, 7) is 4.40. The van der Waals surface area contributed by atoms with E-state index >= 15 is 0 Å². The van der Waals surface area contributed by atoms with E-state index in [0.29, 0.717) is 6.04 Å². The second-order valence-electron chi connectivity index (χ2n) is 4.45. The van der Waals surface area contributed by atoms with Crippen molar-refractivity contribution >= 4 is 33.0 Å². The molecule has 1 nitrogen and oxygen atoms in total. The molecular weight excluding hydrogens is 306 g/mol. The zero-order chi connectivity index (χ0) is 13.0. The number of benzene rings is 1. The van der Waals surface area contributed by atoms with Crippen LogP contribution in [0, 0.1) is 0 Å². The van der Waals surface area contributed by atoms with E-state index in [2.05, 4.69) is 70.8 Å². The van der Waals surface area contributed by atoms with Crippen LogP contribution < -0.4 is 5.32 Å². The van der Waals surface area contributed by atoms with E-state index in [1.165, 1.54) is 27.0 Å². The van der Waals surface area contributed by atoms with Crippen LogP contribution in [-0.4, -0.2) is 0 Å². The molecule has 0 bridgehead atoms. The Kier molecular flexibility index (Phi) is 4.84. The third-order valence-electron chi connectivity index (χ3n) is 2.91. The lowest BCUT2D eigenvalue weighted by Crippen LogP contribution is -2.05. The van der Waals surface area contributed by atoms with Crippen LogP contribution in [0.1, 0.15) is 36.8 Å². The SMILES string of the molecule is CCCc1ccc(NC(C)c2sccc2Br)cc1. The molecule has 0 aliphatic heterocycles. The van der Waals surface area contributed by atoms with Gasteiger partial charge in [-0.3, -0.25) is 0 Å². The molecule has 1 heterocycles. The lowest BCUT2D eigenvalue weighted by Gasteiger charge is -2.15. The van der Waals surface area contributed by atoms with Gasteiger partial charge in [-0.2, -0.15) is 0 Å². The van der Waals surface area contributed by atoms with Crippen molar-refractivity contribution in [2.75, 3.05) is 5.32 Å². The Labute approximate surface area is 121 Å². The molecule has 1 atom stereocenters. The van der Waals surface area contributed by atoms with E-state index < -0.39 is 0 Å². The van der Waals surface area contributed by atoms with Crippen LogP contribution in [0.3, 0.4) is 0 Å². The summed E-state index contributed by atoms with van der Waals surface area (Å²) in [5, 5.41) is 5.65. The molecule has 0 aliphatic rings. The molecule has 2 rings (SSSR count). The highest BCUT2D eigenvalue weighted by molar-refractivity contribution is 9.10. The molecule has 0 saturated heterocycles. The summed E-state index contributed by atoms with van der Waals surface area (Å²) < 4.78 is 1.19. The number of anilines is 1. The Morgan fingerprint density at radius 3 is 2.50 bits per heavy atom. The lowest BCUT2D eigenvalue weighted by atomic mass is 10.1. The molecule has 2 aromatic rings. The highest BCUT2D eigenvalue weighted by atomic mass is 79.9. The van der Waals surface area contributed by atoms with Crippen molar-refractivity contribution in [2.45, 2.75) is 32.7 Å². The van der Waals surface area contributed by atoms with E-state index in [9.17, 15) is 0 Å². The van der Waals surface area contributed by atoms with Gasteiger partial charge in [0.25, 0.3) is 0 Å². The molecule has 1 unspecified atom stereocenters. The summed E-state index contributed by atoms with van der Waals surface area (Å²) in [7, 11) is 0. The minimum Gasteiger partial charge on any atom is -0.378 e. The smallest absolute Gasteiger partial charge is 0.0589 e. The second-order valence-corrected chi connectivity index (χ2v) is 6.25. The third-order valence-corrected chi connectivity index (χ3v) is 4.97. The fraction of sp³-hybridized carbons (Fsp3) is 0.333. The molecule has 0 fully saturated rings. The molecule has 18 heavy (non-hydrogen) atoms. The highest BCUT2D eigenvalue weighted by Gasteiger charge is 2.10. The molecule has 0 saturated carbocycles. The summed E-state index contributed by atoms with van der Waals surface area (Å²) in [6, 6.07) is 11.2. The summed E-state index contributed by atoms with van der Waals surface area (Å²) >= 11 is 5.36. The van der Waals surface area contributed by atoms with Gasteiger partial charge in [-0.1, -0.05) is 25.5 Å². The largest absolute Gasteiger partial charge is 0.378 e. The maximum absolute atomic E-state index is 3.58. The molecule has 3 heteroatoms. The average Bonchev–Trinajstić information content (AvgIpc) is 2.78. The predicted molar refractivity (Wildman–Crippen MR) is 84.5 cm³/mol. The van der Waals surface area contributed by atoms with Gasteiger partial charge in [0.05, 0.1) is 6.04 Å². The van der Waals surface area contributed by atoms with E-state index in [1.807, 2.05) is 0 Å². The number of rotatable bonds is 5. The van der Waals surface area contributed by atoms with Crippen LogP contribution in [0.25, 0.3) is 0 Å². The molecule has 0 aliphatic carbocycles. The van der Waals surface area contributed by atoms with Gasteiger partial charge in [-0.15, -0.1) is 11.3 Å². The van der Waals surface area contributed by atoms with Crippen molar-refractivity contribution in [3.8, 4) is 0 Å². The zero-order valence-electron chi connectivity index (χ0n) is 10.7. The normalized spacial score (nSPS) is 12.4. The molecule has 0 amide bonds. The first-order valence-corrected chi connectivity index (χ1v) is 7.96.